The molecule has 0 bridgehead atoms. The average Bonchev–Trinajstić information content (AvgIpc) is 3.36. The Morgan fingerprint density at radius 2 is 1.79 bits per heavy atom. The van der Waals surface area contributed by atoms with Crippen LogP contribution in [-0.4, -0.2) is 18.9 Å². The van der Waals surface area contributed by atoms with Crippen molar-refractivity contribution in [3.8, 4) is 11.8 Å². The largest absolute Gasteiger partial charge is 0.497 e. The van der Waals surface area contributed by atoms with Crippen LogP contribution in [0.1, 0.15) is 64.4 Å². The molecule has 3 aromatic carbocycles. The maximum Gasteiger partial charge on any atom is 0.255 e. The van der Waals surface area contributed by atoms with Gasteiger partial charge in [-0.3, -0.25) is 9.59 Å². The van der Waals surface area contributed by atoms with Gasteiger partial charge in [0.15, 0.2) is 0 Å². The summed E-state index contributed by atoms with van der Waals surface area (Å²) in [5, 5.41) is 16.2. The molecule has 1 heterocycles. The van der Waals surface area contributed by atoms with Crippen molar-refractivity contribution in [2.45, 2.75) is 50.2 Å². The number of rotatable bonds is 8. The van der Waals surface area contributed by atoms with Crippen LogP contribution in [0.2, 0.25) is 0 Å². The van der Waals surface area contributed by atoms with Gasteiger partial charge in [0.2, 0.25) is 5.91 Å². The van der Waals surface area contributed by atoms with E-state index >= 15 is 0 Å². The Balaban J connectivity index is 1.37. The molecule has 5 rings (SSSR count). The Kier molecular flexibility index (Phi) is 9.24. The second kappa shape index (κ2) is 13.1. The second-order valence-corrected chi connectivity index (χ2v) is 14.0. The quantitative estimate of drug-likeness (QED) is 0.196. The molecule has 2 atom stereocenters. The van der Waals surface area contributed by atoms with Crippen LogP contribution in [0.5, 0.6) is 5.75 Å². The van der Waals surface area contributed by atoms with Crippen molar-refractivity contribution in [1.29, 1.82) is 5.26 Å². The van der Waals surface area contributed by atoms with Crippen molar-refractivity contribution in [3.63, 3.8) is 0 Å². The molecule has 2 N–H and O–H groups in total. The van der Waals surface area contributed by atoms with Crippen LogP contribution < -0.4 is 15.4 Å². The molecule has 0 saturated heterocycles. The summed E-state index contributed by atoms with van der Waals surface area (Å²) in [7, 11) is 1.56. The summed E-state index contributed by atoms with van der Waals surface area (Å²) < 4.78 is 5.24. The fourth-order valence-corrected chi connectivity index (χ4v) is 7.72. The standard InChI is InChI=1S/C35H35N3O3S2/c1-35(2,3)24-16-17-28-29(21-36)34(43-30(28)19-24)38-33(40)31(22-10-6-5-7-11-22)42-27-15-9-13-25(20-27)37-32(39)23-12-8-14-26(18-23)41-4/h5-15,18,20,24,31H,16-17,19H2,1-4H3,(H,37,39)(H,38,40). The maximum atomic E-state index is 13.9. The number of nitrogens with zero attached hydrogens (tertiary/aromatic N) is 1. The van der Waals surface area contributed by atoms with E-state index in [1.807, 2.05) is 54.6 Å². The molecule has 2 amide bonds. The number of ether oxygens (including phenoxy) is 1. The number of nitrogens with one attached hydrogen (secondary N) is 2. The number of carbonyl (C=O) groups is 2. The predicted octanol–water partition coefficient (Wildman–Crippen LogP) is 8.50. The Morgan fingerprint density at radius 3 is 2.51 bits per heavy atom. The molecule has 220 valence electrons. The number of hydrogen-bond donors (Lipinski definition) is 2. The van der Waals surface area contributed by atoms with E-state index in [-0.39, 0.29) is 17.2 Å². The van der Waals surface area contributed by atoms with Crippen molar-refractivity contribution in [1.82, 2.24) is 0 Å². The lowest BCUT2D eigenvalue weighted by atomic mass is 9.72. The number of carbonyl (C=O) groups excluding carboxylic acids is 2. The lowest BCUT2D eigenvalue weighted by Gasteiger charge is -2.33. The van der Waals surface area contributed by atoms with Gasteiger partial charge in [-0.25, -0.2) is 0 Å². The molecule has 1 aromatic heterocycles. The van der Waals surface area contributed by atoms with Crippen LogP contribution in [0.4, 0.5) is 10.7 Å². The molecule has 0 radical (unpaired) electrons. The van der Waals surface area contributed by atoms with Crippen molar-refractivity contribution >= 4 is 45.6 Å². The minimum absolute atomic E-state index is 0.189. The number of thioether (sulfide) groups is 1. The molecular formula is C35H35N3O3S2. The van der Waals surface area contributed by atoms with Gasteiger partial charge >= 0.3 is 0 Å². The van der Waals surface area contributed by atoms with Crippen LogP contribution in [0.3, 0.4) is 0 Å². The number of nitriles is 1. The summed E-state index contributed by atoms with van der Waals surface area (Å²) in [5.41, 5.74) is 3.83. The van der Waals surface area contributed by atoms with Gasteiger partial charge in [0.1, 0.15) is 22.1 Å². The van der Waals surface area contributed by atoms with Gasteiger partial charge in [0.05, 0.1) is 12.7 Å². The lowest BCUT2D eigenvalue weighted by molar-refractivity contribution is -0.115. The summed E-state index contributed by atoms with van der Waals surface area (Å²) in [6.45, 7) is 6.81. The smallest absolute Gasteiger partial charge is 0.255 e. The first kappa shape index (κ1) is 30.4. The third kappa shape index (κ3) is 7.12. The molecule has 0 fully saturated rings. The maximum absolute atomic E-state index is 13.9. The fourth-order valence-electron chi connectivity index (χ4n) is 5.36. The molecular weight excluding hydrogens is 575 g/mol. The zero-order valence-corrected chi connectivity index (χ0v) is 26.4. The van der Waals surface area contributed by atoms with E-state index in [1.54, 1.807) is 42.7 Å². The van der Waals surface area contributed by atoms with E-state index in [1.165, 1.54) is 16.6 Å². The molecule has 4 aromatic rings. The third-order valence-electron chi connectivity index (χ3n) is 7.86. The van der Waals surface area contributed by atoms with E-state index in [9.17, 15) is 14.9 Å². The molecule has 1 aliphatic carbocycles. The van der Waals surface area contributed by atoms with Crippen molar-refractivity contribution in [3.05, 3.63) is 106 Å². The molecule has 1 aliphatic rings. The molecule has 0 aliphatic heterocycles. The number of benzene rings is 3. The summed E-state index contributed by atoms with van der Waals surface area (Å²) >= 11 is 2.95. The Hall–Kier alpha value is -4.06. The van der Waals surface area contributed by atoms with E-state index in [2.05, 4.69) is 37.5 Å². The van der Waals surface area contributed by atoms with Gasteiger partial charge in [-0.15, -0.1) is 23.1 Å². The normalized spacial score (nSPS) is 15.1. The zero-order valence-electron chi connectivity index (χ0n) is 24.8. The molecule has 6 nitrogen and oxygen atoms in total. The first-order valence-electron chi connectivity index (χ1n) is 14.3. The minimum atomic E-state index is -0.571. The number of thiophene rings is 1. The molecule has 0 spiro atoms. The van der Waals surface area contributed by atoms with Crippen LogP contribution in [0.25, 0.3) is 0 Å². The van der Waals surface area contributed by atoms with E-state index < -0.39 is 5.25 Å². The van der Waals surface area contributed by atoms with Gasteiger partial charge < -0.3 is 15.4 Å². The van der Waals surface area contributed by atoms with Crippen molar-refractivity contribution < 1.29 is 14.3 Å². The van der Waals surface area contributed by atoms with Crippen molar-refractivity contribution in [2.75, 3.05) is 17.7 Å². The average molecular weight is 610 g/mol. The van der Waals surface area contributed by atoms with Gasteiger partial charge in [0, 0.05) is 21.0 Å². The zero-order chi connectivity index (χ0) is 30.6. The van der Waals surface area contributed by atoms with Crippen LogP contribution in [0.15, 0.2) is 83.8 Å². The highest BCUT2D eigenvalue weighted by molar-refractivity contribution is 8.00. The Bertz CT molecular complexity index is 1670. The van der Waals surface area contributed by atoms with Gasteiger partial charge in [-0.1, -0.05) is 63.2 Å². The highest BCUT2D eigenvalue weighted by Crippen LogP contribution is 2.45. The monoisotopic (exact) mass is 609 g/mol. The second-order valence-electron chi connectivity index (χ2n) is 11.7. The third-order valence-corrected chi connectivity index (χ3v) is 10.3. The van der Waals surface area contributed by atoms with Gasteiger partial charge in [0.25, 0.3) is 5.91 Å². The topological polar surface area (TPSA) is 91.2 Å². The van der Waals surface area contributed by atoms with E-state index in [0.29, 0.717) is 33.5 Å². The number of methoxy groups -OCH3 is 1. The molecule has 2 unspecified atom stereocenters. The number of anilines is 2. The van der Waals surface area contributed by atoms with Crippen LogP contribution in [-0.2, 0) is 17.6 Å². The first-order chi connectivity index (χ1) is 20.7. The van der Waals surface area contributed by atoms with Crippen LogP contribution >= 0.6 is 23.1 Å². The van der Waals surface area contributed by atoms with Gasteiger partial charge in [-0.05, 0) is 78.1 Å². The van der Waals surface area contributed by atoms with E-state index in [0.717, 1.165) is 35.3 Å². The fraction of sp³-hybridized carbons (Fsp3) is 0.286. The summed E-state index contributed by atoms with van der Waals surface area (Å²) in [6.07, 6.45) is 2.83. The van der Waals surface area contributed by atoms with E-state index in [4.69, 9.17) is 4.74 Å². The molecule has 43 heavy (non-hydrogen) atoms. The van der Waals surface area contributed by atoms with Gasteiger partial charge in [-0.2, -0.15) is 5.26 Å². The van der Waals surface area contributed by atoms with Crippen molar-refractivity contribution in [2.24, 2.45) is 11.3 Å². The summed E-state index contributed by atoms with van der Waals surface area (Å²) in [4.78, 5) is 28.9. The first-order valence-corrected chi connectivity index (χ1v) is 16.0. The van der Waals surface area contributed by atoms with Crippen LogP contribution in [0, 0.1) is 22.7 Å². The number of fused-ring (bicyclic) bond motifs is 1. The summed E-state index contributed by atoms with van der Waals surface area (Å²) in [5.74, 6) is 0.703. The SMILES string of the molecule is COc1cccc(C(=O)Nc2cccc(SC(C(=O)Nc3sc4c(c3C#N)CCC(C(C)(C)C)C4)c3ccccc3)c2)c1. The number of amides is 2. The highest BCUT2D eigenvalue weighted by Gasteiger charge is 2.33. The number of hydrogen-bond acceptors (Lipinski definition) is 6. The highest BCUT2D eigenvalue weighted by atomic mass is 32.2. The molecule has 0 saturated carbocycles. The summed E-state index contributed by atoms with van der Waals surface area (Å²) in [6, 6.07) is 26.4. The predicted molar refractivity (Wildman–Crippen MR) is 175 cm³/mol. The Labute approximate surface area is 261 Å². The molecule has 8 heteroatoms. The minimum Gasteiger partial charge on any atom is -0.497 e. The Morgan fingerprint density at radius 1 is 1.02 bits per heavy atom. The lowest BCUT2D eigenvalue weighted by Crippen LogP contribution is -2.26.